The van der Waals surface area contributed by atoms with Gasteiger partial charge in [-0.2, -0.15) is 12.7 Å². The molecular formula is C8H18N4O4S. The molecule has 0 spiro atoms. The molecule has 0 heterocycles. The molecule has 0 saturated heterocycles. The summed E-state index contributed by atoms with van der Waals surface area (Å²) in [4.78, 5) is 11.0. The molecule has 4 N–H and O–H groups in total. The first-order valence-electron chi connectivity index (χ1n) is 4.95. The third-order valence-electron chi connectivity index (χ3n) is 1.96. The Hall–Kier alpha value is -1.35. The van der Waals surface area contributed by atoms with Gasteiger partial charge in [0.15, 0.2) is 0 Å². The molecule has 0 saturated carbocycles. The van der Waals surface area contributed by atoms with Crippen LogP contribution in [0.3, 0.4) is 0 Å². The molecule has 9 heteroatoms. The minimum Gasteiger partial charge on any atom is -0.449 e. The van der Waals surface area contributed by atoms with Crippen LogP contribution in [0.1, 0.15) is 13.8 Å². The van der Waals surface area contributed by atoms with E-state index in [1.165, 1.54) is 7.05 Å². The second-order valence-electron chi connectivity index (χ2n) is 3.46. The van der Waals surface area contributed by atoms with E-state index in [0.29, 0.717) is 0 Å². The van der Waals surface area contributed by atoms with E-state index in [-0.39, 0.29) is 19.0 Å². The monoisotopic (exact) mass is 266 g/mol. The molecule has 0 aromatic carbocycles. The number of hydrogen-bond donors (Lipinski definition) is 3. The summed E-state index contributed by atoms with van der Waals surface area (Å²) in [6.07, 6.45) is -1.03. The number of amides is 1. The van der Waals surface area contributed by atoms with E-state index < -0.39 is 22.2 Å². The highest BCUT2D eigenvalue weighted by Crippen LogP contribution is 2.01. The zero-order chi connectivity index (χ0) is 13.6. The topological polar surface area (TPSA) is 126 Å². The molecule has 1 amide bonds. The fraction of sp³-hybridized carbons (Fsp3) is 0.750. The van der Waals surface area contributed by atoms with Gasteiger partial charge >= 0.3 is 16.3 Å². The number of hydrogen-bond acceptors (Lipinski definition) is 5. The molecule has 0 radical (unpaired) electrons. The number of amidine groups is 1. The Morgan fingerprint density at radius 1 is 1.59 bits per heavy atom. The summed E-state index contributed by atoms with van der Waals surface area (Å²) < 4.78 is 30.2. The number of nitrogens with two attached hydrogens (primary N) is 1. The molecule has 0 bridgehead atoms. The average Bonchev–Trinajstić information content (AvgIpc) is 2.16. The fourth-order valence-electron chi connectivity index (χ4n) is 0.926. The first kappa shape index (κ1) is 15.7. The molecular weight excluding hydrogens is 248 g/mol. The van der Waals surface area contributed by atoms with Crippen LogP contribution in [0.15, 0.2) is 0 Å². The van der Waals surface area contributed by atoms with Crippen LogP contribution in [0.2, 0.25) is 0 Å². The number of carbonyl (C=O) groups is 1. The van der Waals surface area contributed by atoms with Gasteiger partial charge in [0.2, 0.25) is 0 Å². The maximum atomic E-state index is 11.6. The number of nitrogens with zero attached hydrogens (tertiary/aromatic N) is 1. The van der Waals surface area contributed by atoms with E-state index in [9.17, 15) is 13.2 Å². The molecule has 1 atom stereocenters. The van der Waals surface area contributed by atoms with E-state index in [4.69, 9.17) is 11.1 Å². The summed E-state index contributed by atoms with van der Waals surface area (Å²) in [6, 6.07) is 0. The van der Waals surface area contributed by atoms with Crippen molar-refractivity contribution in [3.63, 3.8) is 0 Å². The summed E-state index contributed by atoms with van der Waals surface area (Å²) >= 11 is 0. The highest BCUT2D eigenvalue weighted by Gasteiger charge is 2.23. The molecule has 100 valence electrons. The Kier molecular flexibility index (Phi) is 5.89. The molecule has 0 aliphatic rings. The van der Waals surface area contributed by atoms with Crippen molar-refractivity contribution in [1.82, 2.24) is 9.03 Å². The Balaban J connectivity index is 4.50. The summed E-state index contributed by atoms with van der Waals surface area (Å²) in [7, 11) is -2.67. The summed E-state index contributed by atoms with van der Waals surface area (Å²) in [6.45, 7) is 3.26. The SMILES string of the molecule is CCOC(=O)NS(=O)(=O)N(C)CC(C)C(=N)N. The summed E-state index contributed by atoms with van der Waals surface area (Å²) in [5.74, 6) is -0.554. The molecule has 0 aliphatic carbocycles. The third kappa shape index (κ3) is 5.50. The van der Waals surface area contributed by atoms with Gasteiger partial charge in [0.25, 0.3) is 0 Å². The number of carbonyl (C=O) groups excluding carboxylic acids is 1. The van der Waals surface area contributed by atoms with Crippen molar-refractivity contribution in [2.45, 2.75) is 13.8 Å². The fourth-order valence-corrected chi connectivity index (χ4v) is 1.77. The Bertz CT molecular complexity index is 381. The number of rotatable bonds is 6. The van der Waals surface area contributed by atoms with Crippen LogP contribution in [0.4, 0.5) is 4.79 Å². The zero-order valence-electron chi connectivity index (χ0n) is 10.1. The van der Waals surface area contributed by atoms with Crippen molar-refractivity contribution < 1.29 is 17.9 Å². The van der Waals surface area contributed by atoms with E-state index in [0.717, 1.165) is 4.31 Å². The van der Waals surface area contributed by atoms with Gasteiger partial charge in [0.05, 0.1) is 12.4 Å². The van der Waals surface area contributed by atoms with Crippen molar-refractivity contribution >= 4 is 22.1 Å². The van der Waals surface area contributed by atoms with Gasteiger partial charge in [-0.1, -0.05) is 6.92 Å². The molecule has 1 unspecified atom stereocenters. The Morgan fingerprint density at radius 2 is 2.12 bits per heavy atom. The van der Waals surface area contributed by atoms with Crippen LogP contribution in [0.25, 0.3) is 0 Å². The molecule has 0 rings (SSSR count). The predicted octanol–water partition coefficient (Wildman–Crippen LogP) is -0.519. The minimum absolute atomic E-state index is 0.00404. The molecule has 0 aliphatic heterocycles. The lowest BCUT2D eigenvalue weighted by atomic mass is 10.2. The molecule has 0 aromatic rings. The van der Waals surface area contributed by atoms with Crippen LogP contribution < -0.4 is 10.5 Å². The van der Waals surface area contributed by atoms with E-state index in [1.807, 2.05) is 0 Å². The van der Waals surface area contributed by atoms with Crippen LogP contribution in [0.5, 0.6) is 0 Å². The van der Waals surface area contributed by atoms with Crippen LogP contribution in [0, 0.1) is 11.3 Å². The summed E-state index contributed by atoms with van der Waals surface area (Å²) in [5, 5.41) is 7.15. The van der Waals surface area contributed by atoms with Crippen LogP contribution in [-0.2, 0) is 14.9 Å². The zero-order valence-corrected chi connectivity index (χ0v) is 10.9. The highest BCUT2D eigenvalue weighted by atomic mass is 32.2. The number of nitrogens with one attached hydrogen (secondary N) is 2. The molecule has 0 aromatic heterocycles. The highest BCUT2D eigenvalue weighted by molar-refractivity contribution is 7.87. The lowest BCUT2D eigenvalue weighted by molar-refractivity contribution is 0.158. The van der Waals surface area contributed by atoms with Crippen molar-refractivity contribution in [1.29, 1.82) is 5.41 Å². The van der Waals surface area contributed by atoms with Crippen molar-refractivity contribution in [2.24, 2.45) is 11.7 Å². The first-order valence-corrected chi connectivity index (χ1v) is 6.39. The maximum absolute atomic E-state index is 11.6. The molecule has 0 fully saturated rings. The van der Waals surface area contributed by atoms with Gasteiger partial charge < -0.3 is 10.5 Å². The third-order valence-corrected chi connectivity index (χ3v) is 3.35. The Labute approximate surface area is 101 Å². The van der Waals surface area contributed by atoms with Gasteiger partial charge in [-0.25, -0.2) is 9.52 Å². The Morgan fingerprint density at radius 3 is 2.53 bits per heavy atom. The predicted molar refractivity (Wildman–Crippen MR) is 62.8 cm³/mol. The van der Waals surface area contributed by atoms with Gasteiger partial charge in [-0.3, -0.25) is 5.41 Å². The second kappa shape index (κ2) is 6.40. The van der Waals surface area contributed by atoms with E-state index >= 15 is 0 Å². The van der Waals surface area contributed by atoms with Gasteiger partial charge in [-0.15, -0.1) is 0 Å². The van der Waals surface area contributed by atoms with Crippen molar-refractivity contribution in [2.75, 3.05) is 20.2 Å². The lowest BCUT2D eigenvalue weighted by Crippen LogP contribution is -2.44. The minimum atomic E-state index is -3.95. The van der Waals surface area contributed by atoms with E-state index in [1.54, 1.807) is 18.6 Å². The van der Waals surface area contributed by atoms with Gasteiger partial charge in [0, 0.05) is 19.5 Å². The normalized spacial score (nSPS) is 13.2. The van der Waals surface area contributed by atoms with Crippen molar-refractivity contribution in [3.05, 3.63) is 0 Å². The van der Waals surface area contributed by atoms with Crippen molar-refractivity contribution in [3.8, 4) is 0 Å². The van der Waals surface area contributed by atoms with Crippen LogP contribution >= 0.6 is 0 Å². The average molecular weight is 266 g/mol. The summed E-state index contributed by atoms with van der Waals surface area (Å²) in [5.41, 5.74) is 5.23. The quantitative estimate of drug-likeness (QED) is 0.440. The molecule has 17 heavy (non-hydrogen) atoms. The maximum Gasteiger partial charge on any atom is 0.421 e. The lowest BCUT2D eigenvalue weighted by Gasteiger charge is -2.20. The molecule has 8 nitrogen and oxygen atoms in total. The van der Waals surface area contributed by atoms with Crippen LogP contribution in [-0.4, -0.2) is 44.9 Å². The second-order valence-corrected chi connectivity index (χ2v) is 5.24. The first-order chi connectivity index (χ1) is 7.70. The van der Waals surface area contributed by atoms with Gasteiger partial charge in [0.1, 0.15) is 0 Å². The smallest absolute Gasteiger partial charge is 0.421 e. The van der Waals surface area contributed by atoms with E-state index in [2.05, 4.69) is 4.74 Å². The number of ether oxygens (including phenoxy) is 1. The van der Waals surface area contributed by atoms with Gasteiger partial charge in [-0.05, 0) is 6.92 Å². The largest absolute Gasteiger partial charge is 0.449 e. The standard InChI is InChI=1S/C8H18N4O4S/c1-4-16-8(13)11-17(14,15)12(3)5-6(2)7(9)10/h6H,4-5H2,1-3H3,(H3,9,10)(H,11,13).